The minimum absolute atomic E-state index is 0.0882. The van der Waals surface area contributed by atoms with Crippen LogP contribution < -0.4 is 14.8 Å². The lowest BCUT2D eigenvalue weighted by Gasteiger charge is -2.13. The molecule has 1 amide bonds. The number of benzene rings is 2. The van der Waals surface area contributed by atoms with Crippen LogP contribution >= 0.6 is 23.4 Å². The highest BCUT2D eigenvalue weighted by atomic mass is 35.5. The summed E-state index contributed by atoms with van der Waals surface area (Å²) in [6.45, 7) is 0. The molecule has 2 aromatic carbocycles. The predicted molar refractivity (Wildman–Crippen MR) is 97.4 cm³/mol. The van der Waals surface area contributed by atoms with E-state index < -0.39 is 0 Å². The molecule has 1 saturated heterocycles. The van der Waals surface area contributed by atoms with Crippen molar-refractivity contribution in [2.75, 3.05) is 14.2 Å². The van der Waals surface area contributed by atoms with Crippen LogP contribution in [-0.4, -0.2) is 20.1 Å². The average molecular weight is 362 g/mol. The van der Waals surface area contributed by atoms with Crippen LogP contribution in [0.5, 0.6) is 11.5 Å². The first kappa shape index (κ1) is 16.7. The van der Waals surface area contributed by atoms with Crippen molar-refractivity contribution in [2.24, 2.45) is 0 Å². The number of halogens is 1. The number of hydrogen-bond acceptors (Lipinski definition) is 4. The van der Waals surface area contributed by atoms with Crippen molar-refractivity contribution >= 4 is 35.3 Å². The van der Waals surface area contributed by atoms with Gasteiger partial charge in [0.15, 0.2) is 11.5 Å². The van der Waals surface area contributed by atoms with Gasteiger partial charge in [-0.15, -0.1) is 0 Å². The number of hydrogen-bond donors (Lipinski definition) is 1. The lowest BCUT2D eigenvalue weighted by Crippen LogP contribution is -2.18. The van der Waals surface area contributed by atoms with Gasteiger partial charge in [0.25, 0.3) is 5.91 Å². The third-order valence-electron chi connectivity index (χ3n) is 3.61. The Morgan fingerprint density at radius 3 is 2.46 bits per heavy atom. The lowest BCUT2D eigenvalue weighted by molar-refractivity contribution is -0.116. The van der Waals surface area contributed by atoms with E-state index in [0.29, 0.717) is 21.4 Å². The minimum Gasteiger partial charge on any atom is -0.493 e. The summed E-state index contributed by atoms with van der Waals surface area (Å²) in [6, 6.07) is 13.0. The van der Waals surface area contributed by atoms with Gasteiger partial charge in [0.2, 0.25) is 0 Å². The van der Waals surface area contributed by atoms with Gasteiger partial charge in [0.1, 0.15) is 5.37 Å². The second-order valence-corrected chi connectivity index (χ2v) is 6.73. The minimum atomic E-state index is -0.157. The van der Waals surface area contributed by atoms with Crippen LogP contribution in [-0.2, 0) is 4.79 Å². The summed E-state index contributed by atoms with van der Waals surface area (Å²) in [5, 5.41) is 3.49. The molecule has 0 radical (unpaired) electrons. The normalized spacial score (nSPS) is 18.5. The first-order chi connectivity index (χ1) is 11.6. The molecule has 0 aliphatic carbocycles. The number of methoxy groups -OCH3 is 2. The molecule has 1 atom stereocenters. The topological polar surface area (TPSA) is 47.6 Å². The Morgan fingerprint density at radius 1 is 1.08 bits per heavy atom. The summed E-state index contributed by atoms with van der Waals surface area (Å²) >= 11 is 7.36. The number of carbonyl (C=O) groups is 1. The van der Waals surface area contributed by atoms with Gasteiger partial charge in [-0.2, -0.15) is 0 Å². The van der Waals surface area contributed by atoms with E-state index in [1.165, 1.54) is 11.8 Å². The van der Waals surface area contributed by atoms with Crippen LogP contribution in [0, 0.1) is 0 Å². The summed E-state index contributed by atoms with van der Waals surface area (Å²) in [5.74, 6) is 1.21. The molecular formula is C18H16ClNO3S. The van der Waals surface area contributed by atoms with Gasteiger partial charge in [-0.3, -0.25) is 4.79 Å². The molecule has 4 nitrogen and oxygen atoms in total. The maximum atomic E-state index is 12.2. The van der Waals surface area contributed by atoms with Crippen molar-refractivity contribution in [1.82, 2.24) is 5.32 Å². The second kappa shape index (κ2) is 7.20. The highest BCUT2D eigenvalue weighted by Crippen LogP contribution is 2.41. The fourth-order valence-corrected chi connectivity index (χ4v) is 3.58. The monoisotopic (exact) mass is 361 g/mol. The molecule has 0 unspecified atom stereocenters. The van der Waals surface area contributed by atoms with Crippen molar-refractivity contribution in [3.05, 3.63) is 63.5 Å². The van der Waals surface area contributed by atoms with Crippen LogP contribution in [0.25, 0.3) is 6.08 Å². The van der Waals surface area contributed by atoms with Crippen molar-refractivity contribution in [3.63, 3.8) is 0 Å². The van der Waals surface area contributed by atoms with Crippen molar-refractivity contribution in [2.45, 2.75) is 5.37 Å². The van der Waals surface area contributed by atoms with Crippen LogP contribution in [0.3, 0.4) is 0 Å². The van der Waals surface area contributed by atoms with Gasteiger partial charge in [-0.25, -0.2) is 0 Å². The lowest BCUT2D eigenvalue weighted by atomic mass is 10.2. The van der Waals surface area contributed by atoms with Gasteiger partial charge >= 0.3 is 0 Å². The molecule has 1 aliphatic rings. The molecule has 1 fully saturated rings. The Hall–Kier alpha value is -2.11. The Balaban J connectivity index is 1.83. The molecule has 1 N–H and O–H groups in total. The van der Waals surface area contributed by atoms with Crippen LogP contribution in [0.2, 0.25) is 5.02 Å². The number of nitrogens with one attached hydrogen (secondary N) is 1. The number of amides is 1. The molecule has 6 heteroatoms. The zero-order chi connectivity index (χ0) is 17.1. The van der Waals surface area contributed by atoms with Gasteiger partial charge < -0.3 is 14.8 Å². The molecule has 3 rings (SSSR count). The van der Waals surface area contributed by atoms with Gasteiger partial charge in [-0.1, -0.05) is 41.6 Å². The third kappa shape index (κ3) is 3.52. The van der Waals surface area contributed by atoms with Crippen molar-refractivity contribution in [1.29, 1.82) is 0 Å². The number of rotatable bonds is 4. The highest BCUT2D eigenvalue weighted by molar-refractivity contribution is 8.04. The molecule has 0 aromatic heterocycles. The van der Waals surface area contributed by atoms with E-state index in [9.17, 15) is 4.79 Å². The van der Waals surface area contributed by atoms with Crippen LogP contribution in [0.1, 0.15) is 16.5 Å². The fraction of sp³-hybridized carbons (Fsp3) is 0.167. The van der Waals surface area contributed by atoms with E-state index in [4.69, 9.17) is 21.1 Å². The maximum Gasteiger partial charge on any atom is 0.258 e. The van der Waals surface area contributed by atoms with Crippen LogP contribution in [0.4, 0.5) is 0 Å². The van der Waals surface area contributed by atoms with Crippen molar-refractivity contribution in [3.8, 4) is 11.5 Å². The molecule has 124 valence electrons. The van der Waals surface area contributed by atoms with E-state index in [-0.39, 0.29) is 11.3 Å². The number of ether oxygens (including phenoxy) is 2. The molecule has 1 aliphatic heterocycles. The first-order valence-corrected chi connectivity index (χ1v) is 8.53. The molecule has 1 heterocycles. The summed E-state index contributed by atoms with van der Waals surface area (Å²) in [6.07, 6.45) is 1.86. The third-order valence-corrected chi connectivity index (χ3v) is 5.04. The largest absolute Gasteiger partial charge is 0.493 e. The summed E-state index contributed by atoms with van der Waals surface area (Å²) < 4.78 is 10.6. The SMILES string of the molecule is COc1ccc([C@H]2NC(=O)/C(=C/c3ccc(Cl)cc3)S2)cc1OC. The second-order valence-electron chi connectivity index (χ2n) is 5.15. The fourth-order valence-electron chi connectivity index (χ4n) is 2.38. The van der Waals surface area contributed by atoms with E-state index in [0.717, 1.165) is 11.1 Å². The zero-order valence-corrected chi connectivity index (χ0v) is 14.8. The Labute approximate surface area is 149 Å². The summed E-state index contributed by atoms with van der Waals surface area (Å²) in [5.41, 5.74) is 1.88. The Bertz CT molecular complexity index is 789. The molecular weight excluding hydrogens is 346 g/mol. The predicted octanol–water partition coefficient (Wildman–Crippen LogP) is 4.26. The molecule has 0 bridgehead atoms. The molecule has 0 spiro atoms. The van der Waals surface area contributed by atoms with Crippen molar-refractivity contribution < 1.29 is 14.3 Å². The smallest absolute Gasteiger partial charge is 0.258 e. The van der Waals surface area contributed by atoms with E-state index in [1.54, 1.807) is 26.4 Å². The Morgan fingerprint density at radius 2 is 1.79 bits per heavy atom. The molecule has 0 saturated carbocycles. The molecule has 2 aromatic rings. The van der Waals surface area contributed by atoms with Gasteiger partial charge in [0.05, 0.1) is 19.1 Å². The molecule has 24 heavy (non-hydrogen) atoms. The van der Waals surface area contributed by atoms with Crippen LogP contribution in [0.15, 0.2) is 47.4 Å². The standard InChI is InChI=1S/C18H16ClNO3S/c1-22-14-8-5-12(10-15(14)23-2)18-20-17(21)16(24-18)9-11-3-6-13(19)7-4-11/h3-10,18H,1-2H3,(H,20,21)/b16-9-/t18-/m0/s1. The quantitative estimate of drug-likeness (QED) is 0.826. The average Bonchev–Trinajstić information content (AvgIpc) is 2.97. The number of thioether (sulfide) groups is 1. The summed E-state index contributed by atoms with van der Waals surface area (Å²) in [4.78, 5) is 12.9. The van der Waals surface area contributed by atoms with Gasteiger partial charge in [0, 0.05) is 5.02 Å². The number of carbonyl (C=O) groups excluding carboxylic acids is 1. The first-order valence-electron chi connectivity index (χ1n) is 7.27. The van der Waals surface area contributed by atoms with E-state index in [2.05, 4.69) is 5.32 Å². The van der Waals surface area contributed by atoms with E-state index in [1.807, 2.05) is 36.4 Å². The van der Waals surface area contributed by atoms with Gasteiger partial charge in [-0.05, 0) is 41.5 Å². The Kier molecular flexibility index (Phi) is 5.02. The van der Waals surface area contributed by atoms with E-state index >= 15 is 0 Å². The maximum absolute atomic E-state index is 12.2. The summed E-state index contributed by atoms with van der Waals surface area (Å²) in [7, 11) is 3.18. The zero-order valence-electron chi connectivity index (χ0n) is 13.2. The highest BCUT2D eigenvalue weighted by Gasteiger charge is 2.29.